The van der Waals surface area contributed by atoms with Crippen molar-refractivity contribution in [2.75, 3.05) is 18.1 Å². The zero-order chi connectivity index (χ0) is 12.0. The van der Waals surface area contributed by atoms with E-state index in [1.165, 1.54) is 18.1 Å². The monoisotopic (exact) mass is 243 g/mol. The first kappa shape index (κ1) is 13.1. The van der Waals surface area contributed by atoms with Crippen LogP contribution < -0.4 is 10.5 Å². The van der Waals surface area contributed by atoms with Crippen molar-refractivity contribution in [1.29, 1.82) is 0 Å². The summed E-state index contributed by atoms with van der Waals surface area (Å²) in [5.41, 5.74) is 6.35. The summed E-state index contributed by atoms with van der Waals surface area (Å²) in [4.78, 5) is 8.07. The van der Waals surface area contributed by atoms with Crippen LogP contribution in [-0.4, -0.2) is 33.5 Å². The molecule has 1 aromatic heterocycles. The predicted molar refractivity (Wildman–Crippen MR) is 64.6 cm³/mol. The Bertz CT molecular complexity index is 334. The summed E-state index contributed by atoms with van der Waals surface area (Å²) < 4.78 is 5.45. The molecule has 0 fully saturated rings. The van der Waals surface area contributed by atoms with Crippen molar-refractivity contribution in [3.63, 3.8) is 0 Å². The zero-order valence-electron chi connectivity index (χ0n) is 9.51. The van der Waals surface area contributed by atoms with Crippen LogP contribution in [0.2, 0.25) is 0 Å². The third-order valence-electron chi connectivity index (χ3n) is 1.70. The molecular weight excluding hydrogens is 226 g/mol. The van der Waals surface area contributed by atoms with Crippen LogP contribution >= 0.6 is 11.8 Å². The van der Waals surface area contributed by atoms with Gasteiger partial charge in [0.2, 0.25) is 5.88 Å². The van der Waals surface area contributed by atoms with Gasteiger partial charge in [-0.2, -0.15) is 4.98 Å². The highest BCUT2D eigenvalue weighted by atomic mass is 32.2. The Hall–Kier alpha value is -1.01. The standard InChI is InChI=1S/C10H17N3O2S/c1-7(2)15-9-8(11)10(13-6-12-9)16-5-3-4-14/h6-7,14H,3-5,11H2,1-2H3. The van der Waals surface area contributed by atoms with Crippen LogP contribution in [0.15, 0.2) is 11.4 Å². The van der Waals surface area contributed by atoms with Gasteiger partial charge >= 0.3 is 0 Å². The molecule has 3 N–H and O–H groups in total. The average Bonchev–Trinajstić information content (AvgIpc) is 2.23. The number of nitrogen functional groups attached to an aromatic ring is 1. The molecule has 0 unspecified atom stereocenters. The van der Waals surface area contributed by atoms with E-state index < -0.39 is 0 Å². The molecule has 6 heteroatoms. The lowest BCUT2D eigenvalue weighted by Crippen LogP contribution is -2.10. The lowest BCUT2D eigenvalue weighted by Gasteiger charge is -2.12. The van der Waals surface area contributed by atoms with Crippen molar-refractivity contribution in [2.24, 2.45) is 0 Å². The fourth-order valence-electron chi connectivity index (χ4n) is 1.03. The number of ether oxygens (including phenoxy) is 1. The molecule has 0 radical (unpaired) electrons. The molecule has 0 bridgehead atoms. The Kier molecular flexibility index (Phi) is 5.34. The first-order valence-corrected chi connectivity index (χ1v) is 6.14. The van der Waals surface area contributed by atoms with Gasteiger partial charge in [-0.1, -0.05) is 0 Å². The molecule has 0 aromatic carbocycles. The van der Waals surface area contributed by atoms with E-state index >= 15 is 0 Å². The van der Waals surface area contributed by atoms with Crippen LogP contribution in [0.5, 0.6) is 5.88 Å². The highest BCUT2D eigenvalue weighted by Crippen LogP contribution is 2.29. The van der Waals surface area contributed by atoms with E-state index in [-0.39, 0.29) is 12.7 Å². The molecule has 0 saturated carbocycles. The van der Waals surface area contributed by atoms with Gasteiger partial charge in [0.25, 0.3) is 0 Å². The molecule has 0 atom stereocenters. The summed E-state index contributed by atoms with van der Waals surface area (Å²) in [6, 6.07) is 0. The SMILES string of the molecule is CC(C)Oc1ncnc(SCCCO)c1N. The van der Waals surface area contributed by atoms with Gasteiger partial charge in [0.05, 0.1) is 6.10 Å². The van der Waals surface area contributed by atoms with Gasteiger partial charge < -0.3 is 15.6 Å². The Balaban J connectivity index is 2.70. The summed E-state index contributed by atoms with van der Waals surface area (Å²) in [6.07, 6.45) is 2.19. The summed E-state index contributed by atoms with van der Waals surface area (Å²) in [5.74, 6) is 1.20. The summed E-state index contributed by atoms with van der Waals surface area (Å²) in [7, 11) is 0. The Labute approximate surface area is 99.4 Å². The summed E-state index contributed by atoms with van der Waals surface area (Å²) in [5, 5.41) is 9.39. The lowest BCUT2D eigenvalue weighted by atomic mass is 10.4. The van der Waals surface area contributed by atoms with Crippen molar-refractivity contribution in [3.05, 3.63) is 6.33 Å². The van der Waals surface area contributed by atoms with Crippen molar-refractivity contribution in [1.82, 2.24) is 9.97 Å². The molecule has 1 aromatic rings. The second-order valence-electron chi connectivity index (χ2n) is 3.49. The number of aromatic nitrogens is 2. The Morgan fingerprint density at radius 2 is 2.25 bits per heavy atom. The van der Waals surface area contributed by atoms with Crippen LogP contribution in [0, 0.1) is 0 Å². The molecule has 0 aliphatic heterocycles. The molecule has 0 spiro atoms. The van der Waals surface area contributed by atoms with Crippen LogP contribution in [0.1, 0.15) is 20.3 Å². The number of rotatable bonds is 6. The smallest absolute Gasteiger partial charge is 0.241 e. The molecule has 1 heterocycles. The normalized spacial score (nSPS) is 10.8. The summed E-state index contributed by atoms with van der Waals surface area (Å²) >= 11 is 1.50. The van der Waals surface area contributed by atoms with Crippen LogP contribution in [-0.2, 0) is 0 Å². The second-order valence-corrected chi connectivity index (χ2v) is 4.57. The quantitative estimate of drug-likeness (QED) is 0.445. The van der Waals surface area contributed by atoms with E-state index in [2.05, 4.69) is 9.97 Å². The van der Waals surface area contributed by atoms with Gasteiger partial charge in [-0.3, -0.25) is 0 Å². The van der Waals surface area contributed by atoms with Crippen LogP contribution in [0.3, 0.4) is 0 Å². The third kappa shape index (κ3) is 3.86. The number of hydrogen-bond acceptors (Lipinski definition) is 6. The lowest BCUT2D eigenvalue weighted by molar-refractivity contribution is 0.233. The highest BCUT2D eigenvalue weighted by Gasteiger charge is 2.10. The molecule has 0 aliphatic carbocycles. The Morgan fingerprint density at radius 3 is 2.88 bits per heavy atom. The van der Waals surface area contributed by atoms with Crippen molar-refractivity contribution in [3.8, 4) is 5.88 Å². The largest absolute Gasteiger partial charge is 0.473 e. The van der Waals surface area contributed by atoms with E-state index in [4.69, 9.17) is 15.6 Å². The van der Waals surface area contributed by atoms with Crippen molar-refractivity contribution in [2.45, 2.75) is 31.4 Å². The minimum absolute atomic E-state index is 0.0347. The fraction of sp³-hybridized carbons (Fsp3) is 0.600. The van der Waals surface area contributed by atoms with Gasteiger partial charge in [0.15, 0.2) is 0 Å². The number of nitrogens with zero attached hydrogens (tertiary/aromatic N) is 2. The number of nitrogens with two attached hydrogens (primary N) is 1. The molecule has 90 valence electrons. The van der Waals surface area contributed by atoms with Gasteiger partial charge in [0.1, 0.15) is 17.0 Å². The van der Waals surface area contributed by atoms with Gasteiger partial charge in [-0.25, -0.2) is 4.98 Å². The van der Waals surface area contributed by atoms with E-state index in [1.54, 1.807) is 0 Å². The number of hydrogen-bond donors (Lipinski definition) is 2. The maximum atomic E-state index is 8.69. The maximum absolute atomic E-state index is 8.69. The van der Waals surface area contributed by atoms with Crippen molar-refractivity contribution < 1.29 is 9.84 Å². The number of aliphatic hydroxyl groups excluding tert-OH is 1. The van der Waals surface area contributed by atoms with Crippen molar-refractivity contribution >= 4 is 17.4 Å². The van der Waals surface area contributed by atoms with Gasteiger partial charge in [-0.15, -0.1) is 11.8 Å². The first-order valence-electron chi connectivity index (χ1n) is 5.16. The first-order chi connectivity index (χ1) is 7.65. The molecule has 5 nitrogen and oxygen atoms in total. The van der Waals surface area contributed by atoms with E-state index in [0.29, 0.717) is 23.0 Å². The fourth-order valence-corrected chi connectivity index (χ4v) is 1.86. The Morgan fingerprint density at radius 1 is 1.50 bits per heavy atom. The average molecular weight is 243 g/mol. The van der Waals surface area contributed by atoms with E-state index in [9.17, 15) is 0 Å². The molecule has 0 aliphatic rings. The van der Waals surface area contributed by atoms with Gasteiger partial charge in [-0.05, 0) is 20.3 Å². The minimum atomic E-state index is 0.0347. The molecule has 0 saturated heterocycles. The molecular formula is C10H17N3O2S. The topological polar surface area (TPSA) is 81.3 Å². The van der Waals surface area contributed by atoms with E-state index in [1.807, 2.05) is 13.8 Å². The van der Waals surface area contributed by atoms with Crippen LogP contribution in [0.4, 0.5) is 5.69 Å². The second kappa shape index (κ2) is 6.55. The highest BCUT2D eigenvalue weighted by molar-refractivity contribution is 7.99. The summed E-state index contributed by atoms with van der Waals surface area (Å²) in [6.45, 7) is 4.01. The van der Waals surface area contributed by atoms with Gasteiger partial charge in [0, 0.05) is 12.4 Å². The molecule has 1 rings (SSSR count). The van der Waals surface area contributed by atoms with E-state index in [0.717, 1.165) is 5.75 Å². The predicted octanol–water partition coefficient (Wildman–Crippen LogP) is 1.32. The maximum Gasteiger partial charge on any atom is 0.241 e. The third-order valence-corrected chi connectivity index (χ3v) is 2.79. The minimum Gasteiger partial charge on any atom is -0.473 e. The molecule has 16 heavy (non-hydrogen) atoms. The number of aliphatic hydroxyl groups is 1. The van der Waals surface area contributed by atoms with Crippen LogP contribution in [0.25, 0.3) is 0 Å². The number of thioether (sulfide) groups is 1. The number of anilines is 1. The molecule has 0 amide bonds. The zero-order valence-corrected chi connectivity index (χ0v) is 10.3.